The standard InChI is InChI=1S/C15H16Cl2N4O/c16-12-3-1-2-11(14(12)17)9-21-13(5-7-19-21)20-15(22)10-4-6-18-8-10/h1-3,5,7,10,18H,4,6,8-9H2,(H,20,22). The number of benzene rings is 1. The average Bonchev–Trinajstić information content (AvgIpc) is 3.16. The molecule has 2 heterocycles. The molecule has 5 nitrogen and oxygen atoms in total. The third-order valence-corrected chi connectivity index (χ3v) is 4.61. The molecule has 1 aliphatic rings. The second-order valence-corrected chi connectivity index (χ2v) is 6.05. The lowest BCUT2D eigenvalue weighted by molar-refractivity contribution is -0.119. The number of anilines is 1. The van der Waals surface area contributed by atoms with Crippen LogP contribution in [0.1, 0.15) is 12.0 Å². The van der Waals surface area contributed by atoms with Crippen molar-refractivity contribution in [3.05, 3.63) is 46.1 Å². The van der Waals surface area contributed by atoms with Gasteiger partial charge in [0.1, 0.15) is 5.82 Å². The van der Waals surface area contributed by atoms with Crippen molar-refractivity contribution in [3.63, 3.8) is 0 Å². The van der Waals surface area contributed by atoms with E-state index in [1.807, 2.05) is 12.1 Å². The summed E-state index contributed by atoms with van der Waals surface area (Å²) in [4.78, 5) is 12.2. The molecule has 1 aliphatic heterocycles. The maximum atomic E-state index is 12.2. The Balaban J connectivity index is 1.74. The second-order valence-electron chi connectivity index (χ2n) is 5.27. The predicted molar refractivity (Wildman–Crippen MR) is 87.4 cm³/mol. The number of carbonyl (C=O) groups excluding carboxylic acids is 1. The first-order valence-electron chi connectivity index (χ1n) is 7.11. The lowest BCUT2D eigenvalue weighted by atomic mass is 10.1. The quantitative estimate of drug-likeness (QED) is 0.901. The predicted octanol–water partition coefficient (Wildman–Crippen LogP) is 2.79. The fourth-order valence-electron chi connectivity index (χ4n) is 2.50. The molecule has 1 fully saturated rings. The Bertz CT molecular complexity index is 680. The SMILES string of the molecule is O=C(Nc1ccnn1Cc1cccc(Cl)c1Cl)C1CCNC1. The van der Waals surface area contributed by atoms with Crippen molar-refractivity contribution >= 4 is 34.9 Å². The number of carbonyl (C=O) groups is 1. The molecule has 2 aromatic rings. The van der Waals surface area contributed by atoms with Gasteiger partial charge in [0, 0.05) is 12.6 Å². The molecule has 7 heteroatoms. The van der Waals surface area contributed by atoms with Gasteiger partial charge in [0.05, 0.1) is 28.7 Å². The van der Waals surface area contributed by atoms with Crippen LogP contribution in [-0.2, 0) is 11.3 Å². The molecule has 0 saturated carbocycles. The van der Waals surface area contributed by atoms with Crippen LogP contribution in [0.3, 0.4) is 0 Å². The second kappa shape index (κ2) is 6.69. The minimum atomic E-state index is 0.0121. The van der Waals surface area contributed by atoms with E-state index < -0.39 is 0 Å². The summed E-state index contributed by atoms with van der Waals surface area (Å²) in [5, 5.41) is 11.4. The van der Waals surface area contributed by atoms with E-state index in [1.165, 1.54) is 0 Å². The molecular formula is C15H16Cl2N4O. The molecule has 0 aliphatic carbocycles. The number of halogens is 2. The first kappa shape index (κ1) is 15.3. The van der Waals surface area contributed by atoms with Gasteiger partial charge in [0.15, 0.2) is 0 Å². The van der Waals surface area contributed by atoms with Crippen LogP contribution >= 0.6 is 23.2 Å². The van der Waals surface area contributed by atoms with Gasteiger partial charge in [-0.05, 0) is 24.6 Å². The largest absolute Gasteiger partial charge is 0.316 e. The van der Waals surface area contributed by atoms with Crippen molar-refractivity contribution in [1.82, 2.24) is 15.1 Å². The lowest BCUT2D eigenvalue weighted by Crippen LogP contribution is -2.26. The Morgan fingerprint density at radius 2 is 2.27 bits per heavy atom. The number of hydrogen-bond donors (Lipinski definition) is 2. The highest BCUT2D eigenvalue weighted by atomic mass is 35.5. The topological polar surface area (TPSA) is 59.0 Å². The van der Waals surface area contributed by atoms with Crippen LogP contribution in [0, 0.1) is 5.92 Å². The van der Waals surface area contributed by atoms with Crippen molar-refractivity contribution in [2.45, 2.75) is 13.0 Å². The zero-order chi connectivity index (χ0) is 15.5. The molecular weight excluding hydrogens is 323 g/mol. The van der Waals surface area contributed by atoms with Gasteiger partial charge in [0.2, 0.25) is 5.91 Å². The smallest absolute Gasteiger partial charge is 0.229 e. The molecule has 0 radical (unpaired) electrons. The zero-order valence-corrected chi connectivity index (χ0v) is 13.4. The number of hydrogen-bond acceptors (Lipinski definition) is 3. The number of rotatable bonds is 4. The molecule has 1 saturated heterocycles. The number of nitrogens with one attached hydrogen (secondary N) is 2. The van der Waals surface area contributed by atoms with E-state index in [0.29, 0.717) is 22.4 Å². The molecule has 3 rings (SSSR count). The van der Waals surface area contributed by atoms with Crippen molar-refractivity contribution in [2.24, 2.45) is 5.92 Å². The van der Waals surface area contributed by atoms with E-state index >= 15 is 0 Å². The molecule has 2 N–H and O–H groups in total. The maximum Gasteiger partial charge on any atom is 0.229 e. The Kier molecular flexibility index (Phi) is 4.66. The lowest BCUT2D eigenvalue weighted by Gasteiger charge is -2.13. The van der Waals surface area contributed by atoms with Crippen LogP contribution in [-0.4, -0.2) is 28.8 Å². The highest BCUT2D eigenvalue weighted by Crippen LogP contribution is 2.26. The van der Waals surface area contributed by atoms with Crippen molar-refractivity contribution in [1.29, 1.82) is 0 Å². The number of nitrogens with zero attached hydrogens (tertiary/aromatic N) is 2. The van der Waals surface area contributed by atoms with Gasteiger partial charge >= 0.3 is 0 Å². The van der Waals surface area contributed by atoms with Gasteiger partial charge in [0.25, 0.3) is 0 Å². The van der Waals surface area contributed by atoms with Gasteiger partial charge in [-0.3, -0.25) is 4.79 Å². The van der Waals surface area contributed by atoms with Gasteiger partial charge in [-0.2, -0.15) is 5.10 Å². The van der Waals surface area contributed by atoms with Gasteiger partial charge in [-0.25, -0.2) is 4.68 Å². The van der Waals surface area contributed by atoms with E-state index in [1.54, 1.807) is 23.0 Å². The normalized spacial score (nSPS) is 17.6. The van der Waals surface area contributed by atoms with E-state index in [4.69, 9.17) is 23.2 Å². The summed E-state index contributed by atoms with van der Waals surface area (Å²) in [6.45, 7) is 2.06. The van der Waals surface area contributed by atoms with Crippen LogP contribution in [0.2, 0.25) is 10.0 Å². The average molecular weight is 339 g/mol. The van der Waals surface area contributed by atoms with Gasteiger partial charge < -0.3 is 10.6 Å². The Labute approximate surface area is 138 Å². The van der Waals surface area contributed by atoms with Crippen molar-refractivity contribution in [2.75, 3.05) is 18.4 Å². The molecule has 0 spiro atoms. The Morgan fingerprint density at radius 3 is 3.05 bits per heavy atom. The number of amides is 1. The molecule has 1 aromatic heterocycles. The molecule has 116 valence electrons. The van der Waals surface area contributed by atoms with Crippen LogP contribution in [0.15, 0.2) is 30.5 Å². The summed E-state index contributed by atoms with van der Waals surface area (Å²) in [5.74, 6) is 0.690. The minimum Gasteiger partial charge on any atom is -0.316 e. The van der Waals surface area contributed by atoms with Crippen LogP contribution in [0.4, 0.5) is 5.82 Å². The molecule has 1 amide bonds. The molecule has 1 unspecified atom stereocenters. The summed E-state index contributed by atoms with van der Waals surface area (Å²) in [6, 6.07) is 7.25. The van der Waals surface area contributed by atoms with Gasteiger partial charge in [-0.15, -0.1) is 0 Å². The summed E-state index contributed by atoms with van der Waals surface area (Å²) < 4.78 is 1.71. The fourth-order valence-corrected chi connectivity index (χ4v) is 2.88. The monoisotopic (exact) mass is 338 g/mol. The van der Waals surface area contributed by atoms with Crippen LogP contribution in [0.25, 0.3) is 0 Å². The third kappa shape index (κ3) is 3.27. The highest BCUT2D eigenvalue weighted by molar-refractivity contribution is 6.42. The minimum absolute atomic E-state index is 0.0121. The summed E-state index contributed by atoms with van der Waals surface area (Å²) in [6.07, 6.45) is 2.51. The first-order chi connectivity index (χ1) is 10.6. The molecule has 0 bridgehead atoms. The molecule has 1 atom stereocenters. The van der Waals surface area contributed by atoms with Gasteiger partial charge in [-0.1, -0.05) is 35.3 Å². The van der Waals surface area contributed by atoms with E-state index in [2.05, 4.69) is 15.7 Å². The van der Waals surface area contributed by atoms with Crippen molar-refractivity contribution in [3.8, 4) is 0 Å². The van der Waals surface area contributed by atoms with Crippen LogP contribution in [0.5, 0.6) is 0 Å². The summed E-state index contributed by atoms with van der Waals surface area (Å²) >= 11 is 12.2. The fraction of sp³-hybridized carbons (Fsp3) is 0.333. The van der Waals surface area contributed by atoms with E-state index in [-0.39, 0.29) is 11.8 Å². The van der Waals surface area contributed by atoms with E-state index in [9.17, 15) is 4.79 Å². The molecule has 1 aromatic carbocycles. The molecule has 22 heavy (non-hydrogen) atoms. The van der Waals surface area contributed by atoms with Crippen molar-refractivity contribution < 1.29 is 4.79 Å². The van der Waals surface area contributed by atoms with E-state index in [0.717, 1.165) is 25.1 Å². The van der Waals surface area contributed by atoms with Crippen LogP contribution < -0.4 is 10.6 Å². The maximum absolute atomic E-state index is 12.2. The summed E-state index contributed by atoms with van der Waals surface area (Å²) in [5.41, 5.74) is 0.857. The number of aromatic nitrogens is 2. The summed E-state index contributed by atoms with van der Waals surface area (Å²) in [7, 11) is 0. The first-order valence-corrected chi connectivity index (χ1v) is 7.87. The Morgan fingerprint density at radius 1 is 1.41 bits per heavy atom. The highest BCUT2D eigenvalue weighted by Gasteiger charge is 2.23. The third-order valence-electron chi connectivity index (χ3n) is 3.75. The zero-order valence-electron chi connectivity index (χ0n) is 11.9. The Hall–Kier alpha value is -1.56.